The van der Waals surface area contributed by atoms with Gasteiger partial charge in [-0.2, -0.15) is 0 Å². The van der Waals surface area contributed by atoms with Gasteiger partial charge in [-0.1, -0.05) is 6.07 Å². The molecule has 1 aromatic carbocycles. The summed E-state index contributed by atoms with van der Waals surface area (Å²) in [7, 11) is 1.36. The first-order valence-corrected chi connectivity index (χ1v) is 11.4. The number of halogens is 1. The molecule has 0 bridgehead atoms. The van der Waals surface area contributed by atoms with Gasteiger partial charge in [0, 0.05) is 12.1 Å². The lowest BCUT2D eigenvalue weighted by Gasteiger charge is -2.28. The summed E-state index contributed by atoms with van der Waals surface area (Å²) < 4.78 is 35.2. The molecule has 2 aromatic heterocycles. The molecule has 1 aliphatic rings. The second-order valence-corrected chi connectivity index (χ2v) is 8.47. The number of carbonyl (C=O) groups is 1. The fourth-order valence-electron chi connectivity index (χ4n) is 3.39. The number of fused-ring (bicyclic) bond motifs is 1. The Morgan fingerprint density at radius 3 is 2.88 bits per heavy atom. The third-order valence-electron chi connectivity index (χ3n) is 5.20. The Bertz CT molecular complexity index is 1210. The van der Waals surface area contributed by atoms with Gasteiger partial charge in [0.1, 0.15) is 17.0 Å². The molecule has 0 aliphatic carbocycles. The molecule has 1 amide bonds. The third kappa shape index (κ3) is 5.59. The van der Waals surface area contributed by atoms with Gasteiger partial charge in [0.2, 0.25) is 5.82 Å². The van der Waals surface area contributed by atoms with Crippen molar-refractivity contribution in [2.45, 2.75) is 25.4 Å². The molecule has 2 unspecified atom stereocenters. The Morgan fingerprint density at radius 2 is 2.15 bits per heavy atom. The van der Waals surface area contributed by atoms with E-state index in [1.165, 1.54) is 36.6 Å². The van der Waals surface area contributed by atoms with Crippen LogP contribution in [0.4, 0.5) is 4.39 Å². The van der Waals surface area contributed by atoms with Crippen LogP contribution in [0.15, 0.2) is 28.4 Å². The van der Waals surface area contributed by atoms with E-state index >= 15 is 0 Å². The van der Waals surface area contributed by atoms with E-state index < -0.39 is 17.3 Å². The topological polar surface area (TPSA) is 132 Å². The van der Waals surface area contributed by atoms with Crippen molar-refractivity contribution in [1.82, 2.24) is 15.3 Å². The van der Waals surface area contributed by atoms with Crippen LogP contribution in [0, 0.1) is 5.82 Å². The van der Waals surface area contributed by atoms with Crippen molar-refractivity contribution in [3.63, 3.8) is 0 Å². The summed E-state index contributed by atoms with van der Waals surface area (Å²) in [6, 6.07) is 4.26. The number of aromatic amines is 1. The third-order valence-corrected chi connectivity index (χ3v) is 6.13. The van der Waals surface area contributed by atoms with Crippen molar-refractivity contribution in [1.29, 1.82) is 0 Å². The Morgan fingerprint density at radius 1 is 1.35 bits per heavy atom. The average Bonchev–Trinajstić information content (AvgIpc) is 3.27. The molecule has 1 aliphatic heterocycles. The van der Waals surface area contributed by atoms with Crippen molar-refractivity contribution >= 4 is 27.5 Å². The predicted molar refractivity (Wildman–Crippen MR) is 121 cm³/mol. The van der Waals surface area contributed by atoms with Gasteiger partial charge in [0.15, 0.2) is 11.6 Å². The van der Waals surface area contributed by atoms with E-state index in [1.807, 2.05) is 0 Å². The molecule has 10 nitrogen and oxygen atoms in total. The zero-order chi connectivity index (χ0) is 24.1. The van der Waals surface area contributed by atoms with E-state index in [9.17, 15) is 14.0 Å². The minimum absolute atomic E-state index is 0.0740. The number of thiophene rings is 1. The molecular weight excluding hydrogens is 469 g/mol. The van der Waals surface area contributed by atoms with Crippen molar-refractivity contribution in [2.75, 3.05) is 33.5 Å². The Labute approximate surface area is 197 Å². The Hall–Kier alpha value is -2.90. The summed E-state index contributed by atoms with van der Waals surface area (Å²) >= 11 is 1.24. The molecular formula is C22H24FN3O7S. The maximum atomic E-state index is 13.5. The zero-order valence-electron chi connectivity index (χ0n) is 18.3. The van der Waals surface area contributed by atoms with Crippen LogP contribution in [0.25, 0.3) is 10.2 Å². The van der Waals surface area contributed by atoms with Gasteiger partial charge in [-0.3, -0.25) is 9.59 Å². The van der Waals surface area contributed by atoms with Gasteiger partial charge in [-0.05, 0) is 23.1 Å². The van der Waals surface area contributed by atoms with Crippen LogP contribution < -0.4 is 15.6 Å². The molecule has 2 atom stereocenters. The highest BCUT2D eigenvalue weighted by atomic mass is 32.1. The van der Waals surface area contributed by atoms with Crippen LogP contribution in [0.5, 0.6) is 5.75 Å². The van der Waals surface area contributed by atoms with Crippen molar-refractivity contribution < 1.29 is 33.2 Å². The second-order valence-electron chi connectivity index (χ2n) is 7.62. The number of aromatic nitrogens is 2. The summed E-state index contributed by atoms with van der Waals surface area (Å²) in [5, 5.41) is 13.8. The molecule has 12 heteroatoms. The lowest BCUT2D eigenvalue weighted by molar-refractivity contribution is -0.162. The van der Waals surface area contributed by atoms with Gasteiger partial charge in [0.25, 0.3) is 11.5 Å². The number of nitrogens with zero attached hydrogens (tertiary/aromatic N) is 1. The highest BCUT2D eigenvalue weighted by Gasteiger charge is 2.22. The van der Waals surface area contributed by atoms with Crippen molar-refractivity contribution in [3.8, 4) is 5.75 Å². The van der Waals surface area contributed by atoms with Crippen LogP contribution in [0.3, 0.4) is 0 Å². The molecule has 182 valence electrons. The molecule has 1 saturated heterocycles. The van der Waals surface area contributed by atoms with Crippen molar-refractivity contribution in [3.05, 3.63) is 56.7 Å². The number of benzene rings is 1. The van der Waals surface area contributed by atoms with E-state index in [2.05, 4.69) is 15.3 Å². The fourth-order valence-corrected chi connectivity index (χ4v) is 4.31. The summed E-state index contributed by atoms with van der Waals surface area (Å²) in [6.07, 6.45) is -0.563. The molecule has 3 aromatic rings. The maximum absolute atomic E-state index is 13.5. The lowest BCUT2D eigenvalue weighted by atomic mass is 10.2. The number of amides is 1. The van der Waals surface area contributed by atoms with Gasteiger partial charge in [-0.15, -0.1) is 11.3 Å². The molecule has 0 radical (unpaired) electrons. The fraction of sp³-hybridized carbons (Fsp3) is 0.409. The standard InChI is InChI=1S/C22H24FN3O7S/c1-30-17-4-12(2-3-16(17)23)5-24-21(29)19-25-20(28)18-13(11-34-22(18)26-19)7-31-8-15-10-32-14(6-27)9-33-15/h2-4,11,14-15,27H,5-10H2,1H3,(H,24,29)(H,25,26,28). The molecule has 3 N–H and O–H groups in total. The van der Waals surface area contributed by atoms with Crippen molar-refractivity contribution in [2.24, 2.45) is 0 Å². The van der Waals surface area contributed by atoms with E-state index in [-0.39, 0.29) is 50.1 Å². The minimum atomic E-state index is -0.566. The molecule has 1 fully saturated rings. The van der Waals surface area contributed by atoms with Gasteiger partial charge >= 0.3 is 0 Å². The summed E-state index contributed by atoms with van der Waals surface area (Å²) in [6.45, 7) is 1.08. The number of hydrogen-bond acceptors (Lipinski definition) is 9. The quantitative estimate of drug-likeness (QED) is 0.407. The van der Waals surface area contributed by atoms with Gasteiger partial charge in [0.05, 0.1) is 45.5 Å². The molecule has 0 spiro atoms. The van der Waals surface area contributed by atoms with Crippen LogP contribution >= 0.6 is 11.3 Å². The Balaban J connectivity index is 1.36. The molecule has 34 heavy (non-hydrogen) atoms. The van der Waals surface area contributed by atoms with E-state index in [4.69, 9.17) is 24.1 Å². The smallest absolute Gasteiger partial charge is 0.287 e. The number of methoxy groups -OCH3 is 1. The van der Waals surface area contributed by atoms with Gasteiger partial charge < -0.3 is 34.4 Å². The van der Waals surface area contributed by atoms with E-state index in [0.717, 1.165) is 0 Å². The number of rotatable bonds is 9. The van der Waals surface area contributed by atoms with Crippen LogP contribution in [-0.2, 0) is 27.4 Å². The number of aliphatic hydroxyl groups is 1. The average molecular weight is 494 g/mol. The number of carbonyl (C=O) groups excluding carboxylic acids is 1. The van der Waals surface area contributed by atoms with Gasteiger partial charge in [-0.25, -0.2) is 9.37 Å². The highest BCUT2D eigenvalue weighted by molar-refractivity contribution is 7.16. The normalized spacial score (nSPS) is 18.2. The maximum Gasteiger partial charge on any atom is 0.287 e. The molecule has 4 rings (SSSR count). The number of hydrogen-bond donors (Lipinski definition) is 3. The van der Waals surface area contributed by atoms with E-state index in [0.29, 0.717) is 34.6 Å². The van der Waals surface area contributed by atoms with Crippen LogP contribution in [-0.4, -0.2) is 66.7 Å². The van der Waals surface area contributed by atoms with Crippen LogP contribution in [0.1, 0.15) is 21.7 Å². The predicted octanol–water partition coefficient (Wildman–Crippen LogP) is 1.36. The first kappa shape index (κ1) is 24.2. The largest absolute Gasteiger partial charge is 0.494 e. The summed E-state index contributed by atoms with van der Waals surface area (Å²) in [5.74, 6) is -1.11. The SMILES string of the molecule is COc1cc(CNC(=O)c2nc3scc(COCC4COC(CO)CO4)c3c(=O)[nH]2)ccc1F. The number of H-pyrrole nitrogens is 1. The zero-order valence-corrected chi connectivity index (χ0v) is 19.2. The number of aliphatic hydroxyl groups excluding tert-OH is 1. The summed E-state index contributed by atoms with van der Waals surface area (Å²) in [5.41, 5.74) is 0.843. The number of ether oxygens (including phenoxy) is 4. The highest BCUT2D eigenvalue weighted by Crippen LogP contribution is 2.22. The molecule has 0 saturated carbocycles. The van der Waals surface area contributed by atoms with Crippen LogP contribution in [0.2, 0.25) is 0 Å². The monoisotopic (exact) mass is 493 g/mol. The van der Waals surface area contributed by atoms with E-state index in [1.54, 1.807) is 5.38 Å². The number of nitrogens with one attached hydrogen (secondary N) is 2. The lowest BCUT2D eigenvalue weighted by Crippen LogP contribution is -2.39. The second kappa shape index (κ2) is 11.0. The minimum Gasteiger partial charge on any atom is -0.494 e. The Kier molecular flexibility index (Phi) is 7.85. The summed E-state index contributed by atoms with van der Waals surface area (Å²) in [4.78, 5) is 32.4. The first-order valence-electron chi connectivity index (χ1n) is 10.5. The molecule has 3 heterocycles. The first-order chi connectivity index (χ1) is 16.5.